The Morgan fingerprint density at radius 3 is 2.53 bits per heavy atom. The van der Waals surface area contributed by atoms with Crippen molar-refractivity contribution in [3.8, 4) is 0 Å². The number of hydrogen-bond donors (Lipinski definition) is 1. The normalized spacial score (nSPS) is 15.5. The van der Waals surface area contributed by atoms with Crippen LogP contribution in [0.3, 0.4) is 0 Å². The maximum Gasteiger partial charge on any atom is 0.240 e. The zero-order valence-electron chi connectivity index (χ0n) is 10.3. The van der Waals surface area contributed by atoms with E-state index in [0.29, 0.717) is 10.8 Å². The highest BCUT2D eigenvalue weighted by molar-refractivity contribution is 7.89. The van der Waals surface area contributed by atoms with Crippen LogP contribution in [0.5, 0.6) is 0 Å². The summed E-state index contributed by atoms with van der Waals surface area (Å²) in [4.78, 5) is 0.297. The summed E-state index contributed by atoms with van der Waals surface area (Å²) < 4.78 is 26.8. The van der Waals surface area contributed by atoms with Crippen molar-refractivity contribution in [2.24, 2.45) is 5.92 Å². The van der Waals surface area contributed by atoms with Gasteiger partial charge in [-0.1, -0.05) is 19.1 Å². The van der Waals surface area contributed by atoms with Crippen LogP contribution in [0.2, 0.25) is 0 Å². The maximum atomic E-state index is 12.1. The van der Waals surface area contributed by atoms with E-state index in [-0.39, 0.29) is 12.0 Å². The monoisotopic (exact) mass is 275 g/mol. The van der Waals surface area contributed by atoms with Gasteiger partial charge in [0.05, 0.1) is 4.90 Å². The van der Waals surface area contributed by atoms with Crippen molar-refractivity contribution >= 4 is 21.6 Å². The summed E-state index contributed by atoms with van der Waals surface area (Å²) in [5, 5.41) is 0. The molecule has 0 aliphatic heterocycles. The summed E-state index contributed by atoms with van der Waals surface area (Å²) in [5.41, 5.74) is 0.922. The molecule has 3 nitrogen and oxygen atoms in total. The molecule has 5 heteroatoms. The van der Waals surface area contributed by atoms with Gasteiger partial charge in [-0.15, -0.1) is 11.6 Å². The number of nitrogens with one attached hydrogen (secondary N) is 1. The second-order valence-electron chi connectivity index (χ2n) is 4.36. The fourth-order valence-electron chi connectivity index (χ4n) is 1.35. The van der Waals surface area contributed by atoms with Crippen LogP contribution in [0, 0.1) is 12.8 Å². The summed E-state index contributed by atoms with van der Waals surface area (Å²) >= 11 is 5.71. The molecule has 0 saturated heterocycles. The fourth-order valence-corrected chi connectivity index (χ4v) is 3.07. The largest absolute Gasteiger partial charge is 0.240 e. The van der Waals surface area contributed by atoms with Gasteiger partial charge in [0.15, 0.2) is 0 Å². The summed E-state index contributed by atoms with van der Waals surface area (Å²) in [6.45, 7) is 5.60. The van der Waals surface area contributed by atoms with Crippen molar-refractivity contribution in [2.75, 3.05) is 5.88 Å². The lowest BCUT2D eigenvalue weighted by Crippen LogP contribution is -2.37. The molecule has 0 radical (unpaired) electrons. The van der Waals surface area contributed by atoms with Crippen molar-refractivity contribution in [2.45, 2.75) is 31.7 Å². The number of halogens is 1. The van der Waals surface area contributed by atoms with Gasteiger partial charge in [0.25, 0.3) is 0 Å². The molecule has 1 aromatic rings. The predicted molar refractivity (Wildman–Crippen MR) is 70.8 cm³/mol. The summed E-state index contributed by atoms with van der Waals surface area (Å²) in [6, 6.07) is 6.66. The molecule has 2 atom stereocenters. The Morgan fingerprint density at radius 1 is 1.35 bits per heavy atom. The van der Waals surface area contributed by atoms with E-state index in [1.807, 2.05) is 26.8 Å². The van der Waals surface area contributed by atoms with Crippen molar-refractivity contribution in [1.82, 2.24) is 4.72 Å². The standard InChI is InChI=1S/C12H18ClNO2S/c1-9-5-4-6-12(7-9)17(15,16)14-11(3)10(2)8-13/h4-7,10-11,14H,8H2,1-3H3. The number of alkyl halides is 1. The second-order valence-corrected chi connectivity index (χ2v) is 6.38. The van der Waals surface area contributed by atoms with Crippen LogP contribution in [0.25, 0.3) is 0 Å². The van der Waals surface area contributed by atoms with E-state index in [2.05, 4.69) is 4.72 Å². The van der Waals surface area contributed by atoms with E-state index in [0.717, 1.165) is 5.56 Å². The van der Waals surface area contributed by atoms with Gasteiger partial charge in [-0.05, 0) is 37.5 Å². The summed E-state index contributed by atoms with van der Waals surface area (Å²) in [7, 11) is -3.45. The molecule has 0 spiro atoms. The van der Waals surface area contributed by atoms with Crippen LogP contribution < -0.4 is 4.72 Å². The number of sulfonamides is 1. The first-order valence-corrected chi connectivity index (χ1v) is 7.53. The molecule has 0 heterocycles. The molecule has 0 aliphatic carbocycles. The van der Waals surface area contributed by atoms with Crippen LogP contribution in [0.15, 0.2) is 29.2 Å². The molecule has 0 aliphatic rings. The smallest absolute Gasteiger partial charge is 0.208 e. The molecule has 96 valence electrons. The Bertz CT molecular complexity index is 473. The third-order valence-corrected chi connectivity index (χ3v) is 4.78. The van der Waals surface area contributed by atoms with Gasteiger partial charge in [-0.25, -0.2) is 13.1 Å². The minimum absolute atomic E-state index is 0.0938. The van der Waals surface area contributed by atoms with Crippen molar-refractivity contribution in [3.05, 3.63) is 29.8 Å². The Hall–Kier alpha value is -0.580. The molecule has 1 rings (SSSR count). The lowest BCUT2D eigenvalue weighted by atomic mass is 10.1. The van der Waals surface area contributed by atoms with Crippen LogP contribution in [-0.4, -0.2) is 20.3 Å². The van der Waals surface area contributed by atoms with Crippen molar-refractivity contribution in [3.63, 3.8) is 0 Å². The highest BCUT2D eigenvalue weighted by atomic mass is 35.5. The number of rotatable bonds is 5. The lowest BCUT2D eigenvalue weighted by Gasteiger charge is -2.19. The maximum absolute atomic E-state index is 12.1. The number of aryl methyl sites for hydroxylation is 1. The number of benzene rings is 1. The van der Waals surface area contributed by atoms with Crippen LogP contribution in [0.1, 0.15) is 19.4 Å². The van der Waals surface area contributed by atoms with Gasteiger partial charge < -0.3 is 0 Å². The quantitative estimate of drug-likeness (QED) is 0.840. The van der Waals surface area contributed by atoms with E-state index in [4.69, 9.17) is 11.6 Å². The topological polar surface area (TPSA) is 46.2 Å². The molecule has 0 fully saturated rings. The Labute approximate surface area is 108 Å². The first-order chi connectivity index (χ1) is 7.86. The van der Waals surface area contributed by atoms with Gasteiger partial charge in [0.1, 0.15) is 0 Å². The molecule has 0 saturated carbocycles. The number of hydrogen-bond acceptors (Lipinski definition) is 2. The van der Waals surface area contributed by atoms with Gasteiger partial charge in [0, 0.05) is 11.9 Å². The van der Waals surface area contributed by atoms with Crippen molar-refractivity contribution in [1.29, 1.82) is 0 Å². The molecule has 1 N–H and O–H groups in total. The molecule has 0 aromatic heterocycles. The predicted octanol–water partition coefficient (Wildman–Crippen LogP) is 2.54. The minimum Gasteiger partial charge on any atom is -0.208 e. The zero-order chi connectivity index (χ0) is 13.1. The average Bonchev–Trinajstić information content (AvgIpc) is 2.27. The van der Waals surface area contributed by atoms with Crippen LogP contribution >= 0.6 is 11.6 Å². The van der Waals surface area contributed by atoms with Gasteiger partial charge in [0.2, 0.25) is 10.0 Å². The summed E-state index contributed by atoms with van der Waals surface area (Å²) in [5.74, 6) is 0.522. The van der Waals surface area contributed by atoms with Crippen molar-refractivity contribution < 1.29 is 8.42 Å². The van der Waals surface area contributed by atoms with Crippen LogP contribution in [0.4, 0.5) is 0 Å². The average molecular weight is 276 g/mol. The molecular weight excluding hydrogens is 258 g/mol. The Kier molecular flexibility index (Phi) is 4.98. The molecular formula is C12H18ClNO2S. The van der Waals surface area contributed by atoms with Gasteiger partial charge >= 0.3 is 0 Å². The third-order valence-electron chi connectivity index (χ3n) is 2.74. The molecule has 0 bridgehead atoms. The van der Waals surface area contributed by atoms with Gasteiger partial charge in [-0.3, -0.25) is 0 Å². The van der Waals surface area contributed by atoms with E-state index < -0.39 is 10.0 Å². The minimum atomic E-state index is -3.45. The zero-order valence-corrected chi connectivity index (χ0v) is 11.8. The second kappa shape index (κ2) is 5.85. The third kappa shape index (κ3) is 3.98. The highest BCUT2D eigenvalue weighted by Gasteiger charge is 2.20. The van der Waals surface area contributed by atoms with E-state index in [1.165, 1.54) is 0 Å². The SMILES string of the molecule is Cc1cccc(S(=O)(=O)NC(C)C(C)CCl)c1. The van der Waals surface area contributed by atoms with Crippen LogP contribution in [-0.2, 0) is 10.0 Å². The van der Waals surface area contributed by atoms with E-state index in [1.54, 1.807) is 18.2 Å². The molecule has 1 aromatic carbocycles. The Morgan fingerprint density at radius 2 is 2.00 bits per heavy atom. The molecule has 0 amide bonds. The first-order valence-electron chi connectivity index (χ1n) is 5.52. The van der Waals surface area contributed by atoms with Gasteiger partial charge in [-0.2, -0.15) is 0 Å². The highest BCUT2D eigenvalue weighted by Crippen LogP contribution is 2.13. The van der Waals surface area contributed by atoms with E-state index >= 15 is 0 Å². The molecule has 2 unspecified atom stereocenters. The molecule has 17 heavy (non-hydrogen) atoms. The lowest BCUT2D eigenvalue weighted by molar-refractivity contribution is 0.480. The Balaban J connectivity index is 2.89. The summed E-state index contributed by atoms with van der Waals surface area (Å²) in [6.07, 6.45) is 0. The van der Waals surface area contributed by atoms with E-state index in [9.17, 15) is 8.42 Å². The fraction of sp³-hybridized carbons (Fsp3) is 0.500. The first kappa shape index (κ1) is 14.5.